The molecule has 1 rings (SSSR count). The third-order valence-electron chi connectivity index (χ3n) is 1.82. The van der Waals surface area contributed by atoms with Crippen molar-refractivity contribution in [1.82, 2.24) is 4.98 Å². The van der Waals surface area contributed by atoms with Crippen molar-refractivity contribution in [2.24, 2.45) is 5.73 Å². The van der Waals surface area contributed by atoms with Gasteiger partial charge in [0.25, 0.3) is 0 Å². The number of carbonyl (C=O) groups excluding carboxylic acids is 1. The number of methoxy groups -OCH3 is 1. The van der Waals surface area contributed by atoms with Gasteiger partial charge in [0.2, 0.25) is 5.91 Å². The Morgan fingerprint density at radius 1 is 1.80 bits per heavy atom. The fourth-order valence-electron chi connectivity index (χ4n) is 0.987. The molecule has 0 aliphatic heterocycles. The highest BCUT2D eigenvalue weighted by atomic mass is 32.1. The molecule has 0 aliphatic carbocycles. The minimum absolute atomic E-state index is 0.221. The van der Waals surface area contributed by atoms with Crippen molar-refractivity contribution in [2.45, 2.75) is 19.4 Å². The number of thiazole rings is 1. The Kier molecular flexibility index (Phi) is 4.67. The van der Waals surface area contributed by atoms with Crippen molar-refractivity contribution in [2.75, 3.05) is 19.0 Å². The van der Waals surface area contributed by atoms with Gasteiger partial charge in [-0.05, 0) is 13.3 Å². The van der Waals surface area contributed by atoms with Crippen LogP contribution in [0.3, 0.4) is 0 Å². The van der Waals surface area contributed by atoms with E-state index in [9.17, 15) is 4.79 Å². The molecule has 0 aromatic carbocycles. The van der Waals surface area contributed by atoms with Gasteiger partial charge in [0, 0.05) is 24.8 Å². The maximum absolute atomic E-state index is 11.5. The van der Waals surface area contributed by atoms with Gasteiger partial charge in [-0.15, -0.1) is 11.3 Å². The highest BCUT2D eigenvalue weighted by Crippen LogP contribution is 2.16. The molecule has 1 amide bonds. The molecule has 0 saturated carbocycles. The van der Waals surface area contributed by atoms with Gasteiger partial charge in [-0.2, -0.15) is 0 Å². The van der Waals surface area contributed by atoms with Crippen LogP contribution in [0.5, 0.6) is 0 Å². The maximum Gasteiger partial charge on any atom is 0.243 e. The number of hydrogen-bond acceptors (Lipinski definition) is 5. The number of carbonyl (C=O) groups is 1. The average molecular weight is 229 g/mol. The molecule has 0 bridgehead atoms. The summed E-state index contributed by atoms with van der Waals surface area (Å²) in [7, 11) is 1.58. The van der Waals surface area contributed by atoms with Crippen LogP contribution < -0.4 is 11.1 Å². The molecule has 1 unspecified atom stereocenters. The van der Waals surface area contributed by atoms with Crippen molar-refractivity contribution in [3.8, 4) is 0 Å². The first-order chi connectivity index (χ1) is 7.13. The number of nitrogens with two attached hydrogens (primary N) is 1. The van der Waals surface area contributed by atoms with Crippen LogP contribution in [0, 0.1) is 6.92 Å². The minimum Gasteiger partial charge on any atom is -0.385 e. The van der Waals surface area contributed by atoms with Crippen molar-refractivity contribution in [3.63, 3.8) is 0 Å². The molecule has 5 nitrogen and oxygen atoms in total. The Hall–Kier alpha value is -0.980. The Morgan fingerprint density at radius 2 is 2.53 bits per heavy atom. The summed E-state index contributed by atoms with van der Waals surface area (Å²) in [5.74, 6) is -0.221. The molecule has 1 aromatic rings. The van der Waals surface area contributed by atoms with E-state index in [1.165, 1.54) is 11.3 Å². The van der Waals surface area contributed by atoms with Crippen molar-refractivity contribution in [1.29, 1.82) is 0 Å². The zero-order valence-corrected chi connectivity index (χ0v) is 9.63. The number of rotatable bonds is 5. The van der Waals surface area contributed by atoms with Crippen LogP contribution in [0.1, 0.15) is 11.3 Å². The van der Waals surface area contributed by atoms with Crippen LogP contribution in [0.15, 0.2) is 6.20 Å². The number of nitrogens with zero attached hydrogens (tertiary/aromatic N) is 1. The van der Waals surface area contributed by atoms with Gasteiger partial charge in [0.1, 0.15) is 0 Å². The summed E-state index contributed by atoms with van der Waals surface area (Å²) in [6, 6.07) is -0.547. The van der Waals surface area contributed by atoms with Gasteiger partial charge < -0.3 is 15.8 Å². The molecule has 6 heteroatoms. The lowest BCUT2D eigenvalue weighted by Crippen LogP contribution is -2.36. The van der Waals surface area contributed by atoms with E-state index in [1.54, 1.807) is 13.3 Å². The Balaban J connectivity index is 2.41. The Morgan fingerprint density at radius 3 is 3.07 bits per heavy atom. The molecule has 0 radical (unpaired) electrons. The second-order valence-electron chi connectivity index (χ2n) is 3.15. The minimum atomic E-state index is -0.547. The molecule has 15 heavy (non-hydrogen) atoms. The number of anilines is 1. The van der Waals surface area contributed by atoms with Crippen molar-refractivity contribution < 1.29 is 9.53 Å². The fraction of sp³-hybridized carbons (Fsp3) is 0.556. The van der Waals surface area contributed by atoms with E-state index in [0.717, 1.165) is 4.88 Å². The number of nitrogens with one attached hydrogen (secondary N) is 1. The largest absolute Gasteiger partial charge is 0.385 e. The predicted molar refractivity (Wildman–Crippen MR) is 59.9 cm³/mol. The highest BCUT2D eigenvalue weighted by Gasteiger charge is 2.14. The number of ether oxygens (including phenoxy) is 1. The zero-order chi connectivity index (χ0) is 11.3. The average Bonchev–Trinajstić information content (AvgIpc) is 2.60. The smallest absolute Gasteiger partial charge is 0.243 e. The van der Waals surface area contributed by atoms with Crippen molar-refractivity contribution >= 4 is 22.4 Å². The molecule has 1 atom stereocenters. The van der Waals surface area contributed by atoms with E-state index in [4.69, 9.17) is 10.5 Å². The summed E-state index contributed by atoms with van der Waals surface area (Å²) < 4.78 is 4.84. The molecule has 0 fully saturated rings. The predicted octanol–water partition coefficient (Wildman–Crippen LogP) is 0.754. The summed E-state index contributed by atoms with van der Waals surface area (Å²) >= 11 is 1.43. The van der Waals surface area contributed by atoms with Crippen LogP contribution in [0.25, 0.3) is 0 Å². The monoisotopic (exact) mass is 229 g/mol. The van der Waals surface area contributed by atoms with Gasteiger partial charge in [0.05, 0.1) is 6.04 Å². The maximum atomic E-state index is 11.5. The highest BCUT2D eigenvalue weighted by molar-refractivity contribution is 7.15. The lowest BCUT2D eigenvalue weighted by molar-refractivity contribution is -0.117. The lowest BCUT2D eigenvalue weighted by Gasteiger charge is -2.09. The second-order valence-corrected chi connectivity index (χ2v) is 4.39. The van der Waals surface area contributed by atoms with E-state index in [2.05, 4.69) is 10.3 Å². The van der Waals surface area contributed by atoms with E-state index in [-0.39, 0.29) is 5.91 Å². The standard InChI is InChI=1S/C9H15N3O2S/c1-6-5-11-9(15-6)12-8(13)7(10)3-4-14-2/h5,7H,3-4,10H2,1-2H3,(H,11,12,13). The third kappa shape index (κ3) is 3.94. The fourth-order valence-corrected chi connectivity index (χ4v) is 1.65. The molecular weight excluding hydrogens is 214 g/mol. The first-order valence-corrected chi connectivity index (χ1v) is 5.43. The first kappa shape index (κ1) is 12.1. The molecule has 1 aromatic heterocycles. The summed E-state index contributed by atoms with van der Waals surface area (Å²) in [5, 5.41) is 3.25. The molecule has 84 valence electrons. The number of amides is 1. The van der Waals surface area contributed by atoms with Crippen LogP contribution in [-0.2, 0) is 9.53 Å². The second kappa shape index (κ2) is 5.79. The van der Waals surface area contributed by atoms with Gasteiger partial charge >= 0.3 is 0 Å². The Bertz CT molecular complexity index is 327. The van der Waals surface area contributed by atoms with Gasteiger partial charge in [0.15, 0.2) is 5.13 Å². The quantitative estimate of drug-likeness (QED) is 0.781. The summed E-state index contributed by atoms with van der Waals surface area (Å²) in [6.45, 7) is 2.41. The number of aryl methyl sites for hydroxylation is 1. The van der Waals surface area contributed by atoms with Gasteiger partial charge in [-0.25, -0.2) is 4.98 Å². The molecular formula is C9H15N3O2S. The van der Waals surface area contributed by atoms with Crippen LogP contribution >= 0.6 is 11.3 Å². The molecule has 0 spiro atoms. The first-order valence-electron chi connectivity index (χ1n) is 4.61. The third-order valence-corrected chi connectivity index (χ3v) is 2.65. The van der Waals surface area contributed by atoms with Crippen molar-refractivity contribution in [3.05, 3.63) is 11.1 Å². The van der Waals surface area contributed by atoms with Crippen LogP contribution in [0.2, 0.25) is 0 Å². The van der Waals surface area contributed by atoms with Gasteiger partial charge in [-0.1, -0.05) is 0 Å². The summed E-state index contributed by atoms with van der Waals surface area (Å²) in [6.07, 6.45) is 2.22. The number of aromatic nitrogens is 1. The SMILES string of the molecule is COCCC(N)C(=O)Nc1ncc(C)s1. The molecule has 3 N–H and O–H groups in total. The summed E-state index contributed by atoms with van der Waals surface area (Å²) in [5.41, 5.74) is 5.64. The van der Waals surface area contributed by atoms with Crippen LogP contribution in [-0.4, -0.2) is 30.6 Å². The topological polar surface area (TPSA) is 77.2 Å². The normalized spacial score (nSPS) is 12.5. The van der Waals surface area contributed by atoms with Gasteiger partial charge in [-0.3, -0.25) is 4.79 Å². The lowest BCUT2D eigenvalue weighted by atomic mass is 10.2. The van der Waals surface area contributed by atoms with E-state index >= 15 is 0 Å². The molecule has 0 aliphatic rings. The summed E-state index contributed by atoms with van der Waals surface area (Å²) in [4.78, 5) is 16.6. The number of hydrogen-bond donors (Lipinski definition) is 2. The zero-order valence-electron chi connectivity index (χ0n) is 8.82. The van der Waals surface area contributed by atoms with E-state index in [0.29, 0.717) is 18.2 Å². The van der Waals surface area contributed by atoms with E-state index in [1.807, 2.05) is 6.92 Å². The Labute approximate surface area is 92.6 Å². The van der Waals surface area contributed by atoms with E-state index < -0.39 is 6.04 Å². The molecule has 0 saturated heterocycles. The van der Waals surface area contributed by atoms with Crippen LogP contribution in [0.4, 0.5) is 5.13 Å². The molecule has 1 heterocycles.